The predicted molar refractivity (Wildman–Crippen MR) is 122 cm³/mol. The highest BCUT2D eigenvalue weighted by atomic mass is 32.2. The van der Waals surface area contributed by atoms with Crippen LogP contribution in [-0.4, -0.2) is 52.8 Å². The number of carbonyl (C=O) groups is 1. The summed E-state index contributed by atoms with van der Waals surface area (Å²) in [6.07, 6.45) is -0.680. The maximum Gasteiger partial charge on any atom is 0.335 e. The van der Waals surface area contributed by atoms with E-state index >= 15 is 0 Å². The second-order valence-electron chi connectivity index (χ2n) is 8.41. The molecule has 2 aromatic carbocycles. The molecule has 9 nitrogen and oxygen atoms in total. The molecule has 0 saturated heterocycles. The van der Waals surface area contributed by atoms with Gasteiger partial charge in [-0.2, -0.15) is 8.42 Å². The molecule has 180 valence electrons. The lowest BCUT2D eigenvalue weighted by Crippen LogP contribution is -2.45. The maximum atomic E-state index is 13.4. The topological polar surface area (TPSA) is 127 Å². The number of rotatable bonds is 5. The zero-order chi connectivity index (χ0) is 24.8. The van der Waals surface area contributed by atoms with Crippen molar-refractivity contribution in [1.29, 1.82) is 0 Å². The molecule has 1 aliphatic heterocycles. The van der Waals surface area contributed by atoms with Gasteiger partial charge < -0.3 is 14.6 Å². The summed E-state index contributed by atoms with van der Waals surface area (Å²) in [4.78, 5) is 12.4. The Balaban J connectivity index is 0.00000122. The molecule has 0 aromatic heterocycles. The number of aliphatic hydroxyl groups excluding tert-OH is 1. The fourth-order valence-corrected chi connectivity index (χ4v) is 4.84. The number of aliphatic hydroxyl groups is 1. The van der Waals surface area contributed by atoms with E-state index in [4.69, 9.17) is 17.9 Å². The van der Waals surface area contributed by atoms with E-state index < -0.39 is 39.3 Å². The van der Waals surface area contributed by atoms with Gasteiger partial charge in [-0.15, -0.1) is 0 Å². The minimum atomic E-state index is -3.89. The molecular weight excluding hydrogens is 470 g/mol. The standard InChI is InChI=1S/C22H27NO6S.O2S/c1-15-6-5-7-18(10-15)30(26,27)23-13-17(14-24)28-20-9-8-16(11-19(20)23)12-21(25)29-22(2,3)4;1-3-2/h5-11,17,24H,12-14H2,1-4H3;/t17-;/m1./s1. The van der Waals surface area contributed by atoms with Crippen LogP contribution >= 0.6 is 0 Å². The lowest BCUT2D eigenvalue weighted by molar-refractivity contribution is -0.153. The molecule has 1 N–H and O–H groups in total. The van der Waals surface area contributed by atoms with Gasteiger partial charge in [0.05, 0.1) is 30.2 Å². The number of sulfonamides is 1. The van der Waals surface area contributed by atoms with Crippen LogP contribution in [0.25, 0.3) is 0 Å². The van der Waals surface area contributed by atoms with Gasteiger partial charge in [0.25, 0.3) is 10.0 Å². The van der Waals surface area contributed by atoms with Crippen LogP contribution in [0.1, 0.15) is 31.9 Å². The summed E-state index contributed by atoms with van der Waals surface area (Å²) >= 11 is -0.750. The molecule has 33 heavy (non-hydrogen) atoms. The molecule has 0 amide bonds. The van der Waals surface area contributed by atoms with Gasteiger partial charge in [0.15, 0.2) is 0 Å². The lowest BCUT2D eigenvalue weighted by Gasteiger charge is -2.35. The smallest absolute Gasteiger partial charge is 0.335 e. The molecule has 2 aromatic rings. The number of fused-ring (bicyclic) bond motifs is 1. The average Bonchev–Trinajstić information content (AvgIpc) is 2.72. The van der Waals surface area contributed by atoms with E-state index in [9.17, 15) is 18.3 Å². The molecule has 11 heteroatoms. The highest BCUT2D eigenvalue weighted by Crippen LogP contribution is 2.38. The normalized spacial score (nSPS) is 15.4. The predicted octanol–water partition coefficient (Wildman–Crippen LogP) is 2.16. The van der Waals surface area contributed by atoms with Gasteiger partial charge in [0, 0.05) is 0 Å². The molecule has 0 unspecified atom stereocenters. The van der Waals surface area contributed by atoms with E-state index in [1.54, 1.807) is 51.1 Å². The molecule has 0 aliphatic carbocycles. The Bertz CT molecular complexity index is 1140. The van der Waals surface area contributed by atoms with Crippen LogP contribution < -0.4 is 9.04 Å². The van der Waals surface area contributed by atoms with Gasteiger partial charge >= 0.3 is 17.5 Å². The second-order valence-corrected chi connectivity index (χ2v) is 10.4. The van der Waals surface area contributed by atoms with Crippen LogP contribution in [0.5, 0.6) is 5.75 Å². The van der Waals surface area contributed by atoms with Crippen LogP contribution in [0.15, 0.2) is 47.4 Å². The Labute approximate surface area is 197 Å². The number of esters is 1. The molecule has 1 atom stereocenters. The number of nitrogens with zero attached hydrogens (tertiary/aromatic N) is 1. The van der Waals surface area contributed by atoms with E-state index in [1.807, 2.05) is 13.0 Å². The molecule has 1 aliphatic rings. The number of hydrogen-bond donors (Lipinski definition) is 1. The largest absolute Gasteiger partial charge is 0.484 e. The number of hydrogen-bond acceptors (Lipinski definition) is 8. The molecule has 3 rings (SSSR count). The summed E-state index contributed by atoms with van der Waals surface area (Å²) < 4.78 is 55.7. The van der Waals surface area contributed by atoms with Crippen LogP contribution in [0.2, 0.25) is 0 Å². The fraction of sp³-hybridized carbons (Fsp3) is 0.409. The van der Waals surface area contributed by atoms with Crippen molar-refractivity contribution >= 4 is 33.3 Å². The van der Waals surface area contributed by atoms with Crippen molar-refractivity contribution in [3.63, 3.8) is 0 Å². The van der Waals surface area contributed by atoms with Crippen LogP contribution in [0, 0.1) is 6.92 Å². The van der Waals surface area contributed by atoms with E-state index in [-0.39, 0.29) is 24.5 Å². The van der Waals surface area contributed by atoms with Crippen molar-refractivity contribution in [1.82, 2.24) is 0 Å². The Morgan fingerprint density at radius 2 is 1.88 bits per heavy atom. The van der Waals surface area contributed by atoms with Crippen molar-refractivity contribution in [2.24, 2.45) is 0 Å². The van der Waals surface area contributed by atoms with Gasteiger partial charge in [-0.05, 0) is 63.1 Å². The van der Waals surface area contributed by atoms with Crippen LogP contribution in [-0.2, 0) is 37.5 Å². The van der Waals surface area contributed by atoms with Gasteiger partial charge in [-0.1, -0.05) is 18.2 Å². The highest BCUT2D eigenvalue weighted by Gasteiger charge is 2.34. The van der Waals surface area contributed by atoms with Gasteiger partial charge in [0.2, 0.25) is 0 Å². The van der Waals surface area contributed by atoms with Crippen molar-refractivity contribution in [3.8, 4) is 5.75 Å². The van der Waals surface area contributed by atoms with Crippen molar-refractivity contribution in [2.75, 3.05) is 17.5 Å². The number of aryl methyl sites for hydroxylation is 1. The minimum Gasteiger partial charge on any atom is -0.484 e. The third kappa shape index (κ3) is 7.11. The van der Waals surface area contributed by atoms with Crippen molar-refractivity contribution < 1.29 is 36.2 Å². The van der Waals surface area contributed by atoms with Crippen molar-refractivity contribution in [3.05, 3.63) is 53.6 Å². The molecular formula is C22H27NO8S2. The lowest BCUT2D eigenvalue weighted by atomic mass is 10.1. The number of carbonyl (C=O) groups excluding carboxylic acids is 1. The molecule has 0 fully saturated rings. The van der Waals surface area contributed by atoms with Gasteiger partial charge in [0.1, 0.15) is 17.5 Å². The highest BCUT2D eigenvalue weighted by molar-refractivity contribution is 7.92. The molecule has 0 bridgehead atoms. The quantitative estimate of drug-likeness (QED) is 0.623. The van der Waals surface area contributed by atoms with E-state index in [0.29, 0.717) is 17.0 Å². The summed E-state index contributed by atoms with van der Waals surface area (Å²) in [5.74, 6) is -0.0648. The Hall–Kier alpha value is -2.76. The summed E-state index contributed by atoms with van der Waals surface area (Å²) in [5, 5.41) is 9.59. The third-order valence-corrected chi connectivity index (χ3v) is 6.28. The first-order valence-electron chi connectivity index (χ1n) is 10.0. The Morgan fingerprint density at radius 1 is 1.21 bits per heavy atom. The monoisotopic (exact) mass is 497 g/mol. The third-order valence-electron chi connectivity index (χ3n) is 4.50. The van der Waals surface area contributed by atoms with E-state index in [1.165, 1.54) is 10.4 Å². The van der Waals surface area contributed by atoms with Crippen LogP contribution in [0.4, 0.5) is 5.69 Å². The summed E-state index contributed by atoms with van der Waals surface area (Å²) in [6, 6.07) is 11.6. The average molecular weight is 498 g/mol. The Kier molecular flexibility index (Phi) is 8.76. The molecule has 0 spiro atoms. The van der Waals surface area contributed by atoms with Crippen LogP contribution in [0.3, 0.4) is 0 Å². The van der Waals surface area contributed by atoms with E-state index in [0.717, 1.165) is 5.56 Å². The molecule has 0 radical (unpaired) electrons. The fourth-order valence-electron chi connectivity index (χ4n) is 3.24. The number of anilines is 1. The van der Waals surface area contributed by atoms with Gasteiger partial charge in [-0.3, -0.25) is 9.10 Å². The number of benzene rings is 2. The van der Waals surface area contributed by atoms with E-state index in [2.05, 4.69) is 0 Å². The molecule has 0 saturated carbocycles. The Morgan fingerprint density at radius 3 is 2.45 bits per heavy atom. The zero-order valence-electron chi connectivity index (χ0n) is 18.8. The zero-order valence-corrected chi connectivity index (χ0v) is 20.4. The first-order chi connectivity index (χ1) is 15.4. The summed E-state index contributed by atoms with van der Waals surface area (Å²) in [6.45, 7) is 6.83. The number of ether oxygens (including phenoxy) is 2. The first kappa shape index (κ1) is 26.5. The summed E-state index contributed by atoms with van der Waals surface area (Å²) in [5.41, 5.74) is 1.16. The molecule has 1 heterocycles. The second kappa shape index (κ2) is 10.9. The van der Waals surface area contributed by atoms with Crippen molar-refractivity contribution in [2.45, 2.75) is 50.7 Å². The minimum absolute atomic E-state index is 0.00626. The SMILES string of the molecule is Cc1cccc(S(=O)(=O)N2C[C@H](CO)Oc3ccc(CC(=O)OC(C)(C)C)cc32)c1.O=S=O. The summed E-state index contributed by atoms with van der Waals surface area (Å²) in [7, 11) is -3.89. The maximum absolute atomic E-state index is 13.4. The first-order valence-corrected chi connectivity index (χ1v) is 12.2. The van der Waals surface area contributed by atoms with Gasteiger partial charge in [-0.25, -0.2) is 8.42 Å².